The Balaban J connectivity index is 2.12. The van der Waals surface area contributed by atoms with Crippen LogP contribution in [0.5, 0.6) is 0 Å². The second-order valence-corrected chi connectivity index (χ2v) is 6.52. The van der Waals surface area contributed by atoms with Gasteiger partial charge in [0.2, 0.25) is 5.91 Å². The first kappa shape index (κ1) is 17.2. The van der Waals surface area contributed by atoms with Crippen molar-refractivity contribution in [3.8, 4) is 0 Å². The first-order valence-electron chi connectivity index (χ1n) is 8.80. The third-order valence-electron chi connectivity index (χ3n) is 4.94. The summed E-state index contributed by atoms with van der Waals surface area (Å²) in [4.78, 5) is 29.9. The summed E-state index contributed by atoms with van der Waals surface area (Å²) in [6.07, 6.45) is 1.49. The van der Waals surface area contributed by atoms with Crippen LogP contribution in [0.25, 0.3) is 0 Å². The number of hydrogen-bond acceptors (Lipinski definition) is 2. The molecule has 1 heterocycles. The molecule has 0 bridgehead atoms. The molecule has 0 spiro atoms. The van der Waals surface area contributed by atoms with E-state index in [0.29, 0.717) is 17.7 Å². The molecule has 0 fully saturated rings. The summed E-state index contributed by atoms with van der Waals surface area (Å²) in [7, 11) is 1.76. The Morgan fingerprint density at radius 3 is 2.32 bits per heavy atom. The molecule has 1 aliphatic heterocycles. The van der Waals surface area contributed by atoms with E-state index in [1.165, 1.54) is 0 Å². The highest BCUT2D eigenvalue weighted by Gasteiger charge is 2.40. The normalized spacial score (nSPS) is 18.8. The summed E-state index contributed by atoms with van der Waals surface area (Å²) in [5.41, 5.74) is 2.30. The molecule has 130 valence electrons. The van der Waals surface area contributed by atoms with E-state index in [-0.39, 0.29) is 17.9 Å². The van der Waals surface area contributed by atoms with Crippen LogP contribution in [0, 0.1) is 0 Å². The van der Waals surface area contributed by atoms with Crippen molar-refractivity contribution in [1.82, 2.24) is 4.90 Å². The van der Waals surface area contributed by atoms with Crippen LogP contribution >= 0.6 is 0 Å². The Bertz CT molecular complexity index is 772. The van der Waals surface area contributed by atoms with Crippen LogP contribution in [-0.2, 0) is 4.79 Å². The fourth-order valence-electron chi connectivity index (χ4n) is 3.56. The Kier molecular flexibility index (Phi) is 4.88. The summed E-state index contributed by atoms with van der Waals surface area (Å²) in [5.74, 6) is -0.106. The van der Waals surface area contributed by atoms with Gasteiger partial charge in [0, 0.05) is 7.05 Å². The predicted molar refractivity (Wildman–Crippen MR) is 99.6 cm³/mol. The Morgan fingerprint density at radius 1 is 1.00 bits per heavy atom. The topological polar surface area (TPSA) is 40.6 Å². The lowest BCUT2D eigenvalue weighted by Gasteiger charge is -2.35. The van der Waals surface area contributed by atoms with Crippen LogP contribution in [0.3, 0.4) is 0 Å². The molecule has 2 aromatic rings. The van der Waals surface area contributed by atoms with Crippen LogP contribution in [0.4, 0.5) is 5.69 Å². The Hall–Kier alpha value is -2.62. The summed E-state index contributed by atoms with van der Waals surface area (Å²) in [6.45, 7) is 4.04. The maximum atomic E-state index is 13.4. The number of para-hydroxylation sites is 1. The number of rotatable bonds is 4. The van der Waals surface area contributed by atoms with Crippen LogP contribution in [0.2, 0.25) is 0 Å². The molecule has 0 unspecified atom stereocenters. The fourth-order valence-corrected chi connectivity index (χ4v) is 3.56. The van der Waals surface area contributed by atoms with E-state index in [1.807, 2.05) is 62.4 Å². The van der Waals surface area contributed by atoms with E-state index in [9.17, 15) is 9.59 Å². The standard InChI is InChI=1S/C21H24N2O2/c1-4-10-19-21(25)22(3)18-14-9-8-13-17(18)20(24)23(19)15(2)16-11-6-5-7-12-16/h5-9,11-15,19H,4,10H2,1-3H3/t15-,19+/m0/s1. The smallest absolute Gasteiger partial charge is 0.257 e. The van der Waals surface area contributed by atoms with Gasteiger partial charge in [0.15, 0.2) is 0 Å². The first-order chi connectivity index (χ1) is 12.1. The average Bonchev–Trinajstić information content (AvgIpc) is 2.73. The van der Waals surface area contributed by atoms with Gasteiger partial charge in [-0.1, -0.05) is 55.8 Å². The van der Waals surface area contributed by atoms with Crippen molar-refractivity contribution >= 4 is 17.5 Å². The van der Waals surface area contributed by atoms with Crippen molar-refractivity contribution in [3.63, 3.8) is 0 Å². The zero-order valence-electron chi connectivity index (χ0n) is 15.0. The SMILES string of the molecule is CCC[C@@H]1C(=O)N(C)c2ccccc2C(=O)N1[C@@H](C)c1ccccc1. The lowest BCUT2D eigenvalue weighted by Crippen LogP contribution is -2.48. The van der Waals surface area contributed by atoms with Gasteiger partial charge in [-0.05, 0) is 31.0 Å². The van der Waals surface area contributed by atoms with Crippen molar-refractivity contribution < 1.29 is 9.59 Å². The van der Waals surface area contributed by atoms with E-state index in [0.717, 1.165) is 12.0 Å². The van der Waals surface area contributed by atoms with E-state index in [4.69, 9.17) is 0 Å². The molecule has 0 aromatic heterocycles. The molecular formula is C21H24N2O2. The molecule has 2 aromatic carbocycles. The third kappa shape index (κ3) is 3.04. The average molecular weight is 336 g/mol. The molecule has 25 heavy (non-hydrogen) atoms. The van der Waals surface area contributed by atoms with Gasteiger partial charge < -0.3 is 9.80 Å². The van der Waals surface area contributed by atoms with Crippen LogP contribution in [0.15, 0.2) is 54.6 Å². The number of nitrogens with zero attached hydrogens (tertiary/aromatic N) is 2. The minimum Gasteiger partial charge on any atom is -0.320 e. The second-order valence-electron chi connectivity index (χ2n) is 6.52. The minimum atomic E-state index is -0.454. The number of anilines is 1. The second kappa shape index (κ2) is 7.09. The van der Waals surface area contributed by atoms with E-state index < -0.39 is 6.04 Å². The van der Waals surface area contributed by atoms with Crippen molar-refractivity contribution in [1.29, 1.82) is 0 Å². The maximum absolute atomic E-state index is 13.4. The van der Waals surface area contributed by atoms with Gasteiger partial charge in [-0.3, -0.25) is 9.59 Å². The quantitative estimate of drug-likeness (QED) is 0.845. The van der Waals surface area contributed by atoms with Gasteiger partial charge in [0.1, 0.15) is 6.04 Å². The number of amides is 2. The Morgan fingerprint density at radius 2 is 1.64 bits per heavy atom. The molecule has 2 atom stereocenters. The zero-order valence-corrected chi connectivity index (χ0v) is 15.0. The van der Waals surface area contributed by atoms with Crippen LogP contribution < -0.4 is 4.90 Å². The van der Waals surface area contributed by atoms with Gasteiger partial charge in [0.05, 0.1) is 17.3 Å². The summed E-state index contributed by atoms with van der Waals surface area (Å²) in [5, 5.41) is 0. The van der Waals surface area contributed by atoms with Gasteiger partial charge >= 0.3 is 0 Å². The number of carbonyl (C=O) groups is 2. The highest BCUT2D eigenvalue weighted by atomic mass is 16.2. The highest BCUT2D eigenvalue weighted by Crippen LogP contribution is 2.33. The molecule has 2 amide bonds. The lowest BCUT2D eigenvalue weighted by molar-refractivity contribution is -0.123. The summed E-state index contributed by atoms with van der Waals surface area (Å²) in [6, 6.07) is 16.6. The molecule has 0 N–H and O–H groups in total. The molecule has 3 rings (SSSR count). The van der Waals surface area contributed by atoms with E-state index >= 15 is 0 Å². The first-order valence-corrected chi connectivity index (χ1v) is 8.80. The summed E-state index contributed by atoms with van der Waals surface area (Å²) < 4.78 is 0. The van der Waals surface area contributed by atoms with Crippen molar-refractivity contribution in [2.45, 2.75) is 38.8 Å². The van der Waals surface area contributed by atoms with Gasteiger partial charge in [0.25, 0.3) is 5.91 Å². The van der Waals surface area contributed by atoms with Gasteiger partial charge in [-0.15, -0.1) is 0 Å². The van der Waals surface area contributed by atoms with Crippen molar-refractivity contribution in [2.24, 2.45) is 0 Å². The number of benzene rings is 2. The predicted octanol–water partition coefficient (Wildman–Crippen LogP) is 4.04. The molecule has 1 aliphatic rings. The van der Waals surface area contributed by atoms with Crippen molar-refractivity contribution in [3.05, 3.63) is 65.7 Å². The van der Waals surface area contributed by atoms with Crippen LogP contribution in [-0.4, -0.2) is 29.8 Å². The molecule has 0 saturated carbocycles. The van der Waals surface area contributed by atoms with Crippen LogP contribution in [0.1, 0.15) is 48.7 Å². The molecule has 0 aliphatic carbocycles. The molecule has 0 saturated heterocycles. The molecule has 0 radical (unpaired) electrons. The maximum Gasteiger partial charge on any atom is 0.257 e. The number of carbonyl (C=O) groups excluding carboxylic acids is 2. The molecule has 4 nitrogen and oxygen atoms in total. The van der Waals surface area contributed by atoms with E-state index in [2.05, 4.69) is 0 Å². The lowest BCUT2D eigenvalue weighted by atomic mass is 10.0. The van der Waals surface area contributed by atoms with Gasteiger partial charge in [-0.25, -0.2) is 0 Å². The monoisotopic (exact) mass is 336 g/mol. The number of fused-ring (bicyclic) bond motifs is 1. The van der Waals surface area contributed by atoms with Gasteiger partial charge in [-0.2, -0.15) is 0 Å². The summed E-state index contributed by atoms with van der Waals surface area (Å²) >= 11 is 0. The largest absolute Gasteiger partial charge is 0.320 e. The Labute approximate surface area is 149 Å². The fraction of sp³-hybridized carbons (Fsp3) is 0.333. The molecule has 4 heteroatoms. The van der Waals surface area contributed by atoms with E-state index in [1.54, 1.807) is 22.9 Å². The number of hydrogen-bond donors (Lipinski definition) is 0. The van der Waals surface area contributed by atoms with Crippen molar-refractivity contribution in [2.75, 3.05) is 11.9 Å². The highest BCUT2D eigenvalue weighted by molar-refractivity contribution is 6.10. The zero-order chi connectivity index (χ0) is 18.0. The number of likely N-dealkylation sites (N-methyl/N-ethyl adjacent to an activating group) is 1. The molecular weight excluding hydrogens is 312 g/mol. The third-order valence-corrected chi connectivity index (χ3v) is 4.94. The minimum absolute atomic E-state index is 0.0251.